The van der Waals surface area contributed by atoms with Crippen LogP contribution in [0.1, 0.15) is 45.7 Å². The first-order valence-corrected chi connectivity index (χ1v) is 15.4. The van der Waals surface area contributed by atoms with Crippen LogP contribution in [0.3, 0.4) is 0 Å². The van der Waals surface area contributed by atoms with Gasteiger partial charge in [-0.15, -0.1) is 0 Å². The quantitative estimate of drug-likeness (QED) is 0.430. The van der Waals surface area contributed by atoms with Crippen LogP contribution in [0.5, 0.6) is 0 Å². The molecule has 0 spiro atoms. The minimum absolute atomic E-state index is 0.0488. The SMILES string of the molecule is CC(C)c1ncc(N2C[C@H](CS(C)(=O)=O)[C@H]2C)c2cnc(Nc3ccnc(N4CC[C@@](C)(O)C(F)(F)C4)n3)cc12. The van der Waals surface area contributed by atoms with E-state index < -0.39 is 27.9 Å². The molecule has 2 aliphatic rings. The maximum Gasteiger partial charge on any atom is 0.293 e. The molecule has 3 atom stereocenters. The molecule has 2 aliphatic heterocycles. The molecule has 3 aromatic heterocycles. The van der Waals surface area contributed by atoms with Crippen LogP contribution >= 0.6 is 0 Å². The summed E-state index contributed by atoms with van der Waals surface area (Å²) in [5.41, 5.74) is -0.268. The normalized spacial score (nSPS) is 24.8. The predicted molar refractivity (Wildman–Crippen MR) is 151 cm³/mol. The number of nitrogens with one attached hydrogen (secondary N) is 1. The maximum atomic E-state index is 14.4. The Balaban J connectivity index is 1.41. The van der Waals surface area contributed by atoms with Crippen LogP contribution in [-0.2, 0) is 9.84 Å². The van der Waals surface area contributed by atoms with E-state index in [0.29, 0.717) is 18.2 Å². The van der Waals surface area contributed by atoms with E-state index in [1.54, 1.807) is 12.3 Å². The van der Waals surface area contributed by atoms with Gasteiger partial charge in [0, 0.05) is 54.5 Å². The van der Waals surface area contributed by atoms with E-state index in [0.717, 1.165) is 29.1 Å². The van der Waals surface area contributed by atoms with Crippen molar-refractivity contribution in [3.63, 3.8) is 0 Å². The van der Waals surface area contributed by atoms with E-state index in [2.05, 4.69) is 39.0 Å². The number of anilines is 4. The molecule has 216 valence electrons. The lowest BCUT2D eigenvalue weighted by atomic mass is 9.90. The highest BCUT2D eigenvalue weighted by Gasteiger charge is 2.53. The fraction of sp³-hybridized carbons (Fsp3) is 0.556. The lowest BCUT2D eigenvalue weighted by Gasteiger charge is -2.48. The van der Waals surface area contributed by atoms with Gasteiger partial charge in [-0.1, -0.05) is 13.8 Å². The van der Waals surface area contributed by atoms with Crippen molar-refractivity contribution in [2.24, 2.45) is 5.92 Å². The van der Waals surface area contributed by atoms with Gasteiger partial charge in [0.1, 0.15) is 27.1 Å². The number of fused-ring (bicyclic) bond motifs is 1. The van der Waals surface area contributed by atoms with Gasteiger partial charge in [0.2, 0.25) is 5.95 Å². The molecule has 0 amide bonds. The van der Waals surface area contributed by atoms with Crippen LogP contribution in [0, 0.1) is 5.92 Å². The van der Waals surface area contributed by atoms with Gasteiger partial charge in [-0.3, -0.25) is 4.98 Å². The topological polar surface area (TPSA) is 124 Å². The number of alkyl halides is 2. The predicted octanol–water partition coefficient (Wildman–Crippen LogP) is 3.75. The largest absolute Gasteiger partial charge is 0.384 e. The molecule has 2 N–H and O–H groups in total. The molecule has 5 rings (SSSR count). The molecule has 0 radical (unpaired) electrons. The first-order chi connectivity index (χ1) is 18.6. The number of hydrogen-bond donors (Lipinski definition) is 2. The lowest BCUT2D eigenvalue weighted by molar-refractivity contribution is -0.177. The maximum absolute atomic E-state index is 14.4. The third-order valence-electron chi connectivity index (χ3n) is 7.99. The van der Waals surface area contributed by atoms with Crippen molar-refractivity contribution in [1.82, 2.24) is 19.9 Å². The third kappa shape index (κ3) is 5.40. The molecule has 13 heteroatoms. The Hall–Kier alpha value is -3.19. The molecule has 2 fully saturated rings. The molecule has 0 aliphatic carbocycles. The zero-order chi connectivity index (χ0) is 29.0. The summed E-state index contributed by atoms with van der Waals surface area (Å²) in [5, 5.41) is 15.0. The van der Waals surface area contributed by atoms with E-state index in [9.17, 15) is 22.3 Å². The fourth-order valence-electron chi connectivity index (χ4n) is 5.38. The number of aliphatic hydroxyl groups is 1. The van der Waals surface area contributed by atoms with E-state index >= 15 is 0 Å². The molecule has 5 heterocycles. The monoisotopic (exact) mass is 575 g/mol. The van der Waals surface area contributed by atoms with Crippen LogP contribution in [0.15, 0.2) is 30.7 Å². The van der Waals surface area contributed by atoms with Gasteiger partial charge in [0.15, 0.2) is 0 Å². The number of hydrogen-bond acceptors (Lipinski definition) is 10. The summed E-state index contributed by atoms with van der Waals surface area (Å²) in [4.78, 5) is 21.5. The van der Waals surface area contributed by atoms with Crippen molar-refractivity contribution in [2.75, 3.05) is 46.8 Å². The Labute approximate surface area is 232 Å². The van der Waals surface area contributed by atoms with Crippen molar-refractivity contribution in [1.29, 1.82) is 0 Å². The Bertz CT molecular complexity index is 1530. The molecule has 40 heavy (non-hydrogen) atoms. The Morgan fingerprint density at radius 3 is 2.58 bits per heavy atom. The zero-order valence-electron chi connectivity index (χ0n) is 23.3. The average molecular weight is 576 g/mol. The Morgan fingerprint density at radius 2 is 1.93 bits per heavy atom. The van der Waals surface area contributed by atoms with Gasteiger partial charge in [-0.25, -0.2) is 27.2 Å². The van der Waals surface area contributed by atoms with Crippen LogP contribution in [-0.4, -0.2) is 82.7 Å². The minimum atomic E-state index is -3.30. The van der Waals surface area contributed by atoms with Crippen molar-refractivity contribution >= 4 is 43.9 Å². The van der Waals surface area contributed by atoms with Crippen LogP contribution in [0.25, 0.3) is 10.8 Å². The van der Waals surface area contributed by atoms with Crippen molar-refractivity contribution in [3.05, 3.63) is 36.4 Å². The molecule has 0 aromatic carbocycles. The number of rotatable bonds is 7. The Morgan fingerprint density at radius 1 is 1.18 bits per heavy atom. The van der Waals surface area contributed by atoms with Crippen molar-refractivity contribution in [3.8, 4) is 0 Å². The number of aromatic nitrogens is 4. The van der Waals surface area contributed by atoms with Gasteiger partial charge in [-0.05, 0) is 38.3 Å². The first-order valence-electron chi connectivity index (χ1n) is 13.3. The van der Waals surface area contributed by atoms with Crippen molar-refractivity contribution < 1.29 is 22.3 Å². The highest BCUT2D eigenvalue weighted by Crippen LogP contribution is 2.39. The molecule has 3 aromatic rings. The third-order valence-corrected chi connectivity index (χ3v) is 9.02. The van der Waals surface area contributed by atoms with E-state index in [1.165, 1.54) is 17.4 Å². The fourth-order valence-corrected chi connectivity index (χ4v) is 6.54. The smallest absolute Gasteiger partial charge is 0.293 e. The average Bonchev–Trinajstić information content (AvgIpc) is 2.86. The number of halogens is 2. The number of pyridine rings is 2. The first kappa shape index (κ1) is 28.3. The summed E-state index contributed by atoms with van der Waals surface area (Å²) in [5.74, 6) is -1.90. The minimum Gasteiger partial charge on any atom is -0.384 e. The summed E-state index contributed by atoms with van der Waals surface area (Å²) >= 11 is 0. The number of sulfone groups is 1. The second kappa shape index (κ2) is 10.0. The molecule has 0 saturated carbocycles. The molecule has 2 saturated heterocycles. The number of piperidine rings is 1. The molecule has 0 bridgehead atoms. The lowest BCUT2D eigenvalue weighted by Crippen LogP contribution is -2.59. The summed E-state index contributed by atoms with van der Waals surface area (Å²) in [6.45, 7) is 7.45. The molecular weight excluding hydrogens is 540 g/mol. The second-order valence-corrected chi connectivity index (χ2v) is 13.7. The summed E-state index contributed by atoms with van der Waals surface area (Å²) in [7, 11) is -3.06. The van der Waals surface area contributed by atoms with Gasteiger partial charge < -0.3 is 20.2 Å². The standard InChI is InChI=1S/C27H35F2N7O3S/c1-16(2)24-19-10-23(31-11-20(19)21(12-32-24)36-13-18(17(36)3)14-40(5,38)39)33-22-6-8-30-25(34-22)35-9-7-26(4,37)27(28,29)15-35/h6,8,10-12,16-18,37H,7,9,13-15H2,1-5H3,(H,30,31,33,34)/t17-,18-,26-/m1/s1. The van der Waals surface area contributed by atoms with E-state index in [4.69, 9.17) is 4.98 Å². The summed E-state index contributed by atoms with van der Waals surface area (Å²) < 4.78 is 52.5. The summed E-state index contributed by atoms with van der Waals surface area (Å²) in [6.07, 6.45) is 6.26. The van der Waals surface area contributed by atoms with E-state index in [1.807, 2.05) is 19.2 Å². The molecule has 10 nitrogen and oxygen atoms in total. The van der Waals surface area contributed by atoms with Gasteiger partial charge in [-0.2, -0.15) is 4.98 Å². The highest BCUT2D eigenvalue weighted by atomic mass is 32.2. The highest BCUT2D eigenvalue weighted by molar-refractivity contribution is 7.90. The Kier molecular flexibility index (Phi) is 7.10. The van der Waals surface area contributed by atoms with Gasteiger partial charge >= 0.3 is 0 Å². The number of nitrogens with zero attached hydrogens (tertiary/aromatic N) is 6. The van der Waals surface area contributed by atoms with Gasteiger partial charge in [0.25, 0.3) is 5.92 Å². The van der Waals surface area contributed by atoms with Gasteiger partial charge in [0.05, 0.1) is 29.9 Å². The van der Waals surface area contributed by atoms with Crippen molar-refractivity contribution in [2.45, 2.75) is 57.6 Å². The second-order valence-electron chi connectivity index (χ2n) is 11.6. The zero-order valence-corrected chi connectivity index (χ0v) is 24.1. The van der Waals surface area contributed by atoms with Crippen LogP contribution in [0.2, 0.25) is 0 Å². The summed E-state index contributed by atoms with van der Waals surface area (Å²) in [6, 6.07) is 3.58. The van der Waals surface area contributed by atoms with Crippen LogP contribution in [0.4, 0.5) is 32.1 Å². The molecule has 0 unspecified atom stereocenters. The molecular formula is C27H35F2N7O3S. The van der Waals surface area contributed by atoms with E-state index in [-0.39, 0.29) is 42.5 Å². The van der Waals surface area contributed by atoms with Crippen LogP contribution < -0.4 is 15.1 Å².